The van der Waals surface area contributed by atoms with E-state index in [2.05, 4.69) is 0 Å². The summed E-state index contributed by atoms with van der Waals surface area (Å²) in [5.74, 6) is -0.895. The summed E-state index contributed by atoms with van der Waals surface area (Å²) in [6.45, 7) is 4.16. The van der Waals surface area contributed by atoms with E-state index in [-0.39, 0.29) is 41.5 Å². The first kappa shape index (κ1) is 17.7. The van der Waals surface area contributed by atoms with Crippen molar-refractivity contribution < 1.29 is 23.1 Å². The number of nitrogens with zero attached hydrogens (tertiary/aromatic N) is 2. The van der Waals surface area contributed by atoms with Gasteiger partial charge in [0.15, 0.2) is 9.84 Å². The molecule has 1 aromatic rings. The second-order valence-electron chi connectivity index (χ2n) is 6.95. The van der Waals surface area contributed by atoms with Crippen molar-refractivity contribution in [2.75, 3.05) is 24.6 Å². The van der Waals surface area contributed by atoms with Crippen LogP contribution in [0.15, 0.2) is 24.3 Å². The first-order valence-electron chi connectivity index (χ1n) is 8.30. The van der Waals surface area contributed by atoms with Crippen molar-refractivity contribution in [2.45, 2.75) is 25.9 Å². The lowest BCUT2D eigenvalue weighted by Crippen LogP contribution is -2.62. The Kier molecular flexibility index (Phi) is 4.49. The van der Waals surface area contributed by atoms with Crippen LogP contribution in [0.4, 0.5) is 0 Å². The van der Waals surface area contributed by atoms with E-state index in [4.69, 9.17) is 0 Å². The van der Waals surface area contributed by atoms with Gasteiger partial charge in [-0.1, -0.05) is 19.9 Å². The number of carbonyl (C=O) groups is 2. The Morgan fingerprint density at radius 2 is 1.72 bits per heavy atom. The van der Waals surface area contributed by atoms with Gasteiger partial charge in [-0.15, -0.1) is 0 Å². The fourth-order valence-corrected chi connectivity index (χ4v) is 5.60. The molecule has 2 aliphatic rings. The van der Waals surface area contributed by atoms with Gasteiger partial charge in [0, 0.05) is 24.6 Å². The van der Waals surface area contributed by atoms with Crippen molar-refractivity contribution in [1.29, 1.82) is 0 Å². The SMILES string of the molecule is CC(C)C(=O)N1CCN(C(=O)c2cccc(O)c2)C2CS(=O)(=O)CC21. The van der Waals surface area contributed by atoms with Gasteiger partial charge in [-0.25, -0.2) is 8.42 Å². The molecule has 0 aromatic heterocycles. The quantitative estimate of drug-likeness (QED) is 0.822. The van der Waals surface area contributed by atoms with Gasteiger partial charge in [0.2, 0.25) is 5.91 Å². The summed E-state index contributed by atoms with van der Waals surface area (Å²) < 4.78 is 24.4. The molecule has 2 atom stereocenters. The van der Waals surface area contributed by atoms with E-state index in [0.29, 0.717) is 12.1 Å². The van der Waals surface area contributed by atoms with Crippen molar-refractivity contribution in [1.82, 2.24) is 9.80 Å². The van der Waals surface area contributed by atoms with Gasteiger partial charge in [0.25, 0.3) is 5.91 Å². The van der Waals surface area contributed by atoms with E-state index in [1.807, 2.05) is 0 Å². The van der Waals surface area contributed by atoms with Crippen LogP contribution in [-0.4, -0.2) is 71.8 Å². The highest BCUT2D eigenvalue weighted by Gasteiger charge is 2.49. The van der Waals surface area contributed by atoms with Crippen LogP contribution in [0.2, 0.25) is 0 Å². The monoisotopic (exact) mass is 366 g/mol. The van der Waals surface area contributed by atoms with E-state index >= 15 is 0 Å². The minimum atomic E-state index is -3.31. The highest BCUT2D eigenvalue weighted by atomic mass is 32.2. The summed E-state index contributed by atoms with van der Waals surface area (Å²) >= 11 is 0. The summed E-state index contributed by atoms with van der Waals surface area (Å²) in [4.78, 5) is 28.4. The highest BCUT2D eigenvalue weighted by molar-refractivity contribution is 7.91. The predicted molar refractivity (Wildman–Crippen MR) is 91.9 cm³/mol. The number of carbonyl (C=O) groups excluding carboxylic acids is 2. The summed E-state index contributed by atoms with van der Waals surface area (Å²) in [5.41, 5.74) is 0.312. The van der Waals surface area contributed by atoms with Gasteiger partial charge >= 0.3 is 0 Å². The topological polar surface area (TPSA) is 95.0 Å². The smallest absolute Gasteiger partial charge is 0.254 e. The van der Waals surface area contributed by atoms with Crippen LogP contribution in [-0.2, 0) is 14.6 Å². The minimum absolute atomic E-state index is 0.0185. The second kappa shape index (κ2) is 6.33. The molecular formula is C17H22N2O5S. The van der Waals surface area contributed by atoms with E-state index in [1.54, 1.807) is 30.9 Å². The Bertz CT molecular complexity index is 805. The molecule has 2 aliphatic heterocycles. The molecule has 0 bridgehead atoms. The zero-order chi connectivity index (χ0) is 18.4. The number of phenolic OH excluding ortho intramolecular Hbond substituents is 1. The average molecular weight is 366 g/mol. The lowest BCUT2D eigenvalue weighted by Gasteiger charge is -2.44. The van der Waals surface area contributed by atoms with E-state index in [0.717, 1.165) is 0 Å². The molecule has 7 nitrogen and oxygen atoms in total. The molecule has 25 heavy (non-hydrogen) atoms. The molecule has 0 radical (unpaired) electrons. The highest BCUT2D eigenvalue weighted by Crippen LogP contribution is 2.29. The molecule has 2 saturated heterocycles. The summed E-state index contributed by atoms with van der Waals surface area (Å²) in [6, 6.07) is 4.95. The number of hydrogen-bond donors (Lipinski definition) is 1. The lowest BCUT2D eigenvalue weighted by atomic mass is 10.0. The number of hydrogen-bond acceptors (Lipinski definition) is 5. The van der Waals surface area contributed by atoms with Gasteiger partial charge in [-0.3, -0.25) is 9.59 Å². The number of piperazine rings is 1. The average Bonchev–Trinajstić information content (AvgIpc) is 2.87. The molecule has 2 unspecified atom stereocenters. The van der Waals surface area contributed by atoms with Crippen LogP contribution in [0, 0.1) is 5.92 Å². The Morgan fingerprint density at radius 1 is 1.12 bits per heavy atom. The Balaban J connectivity index is 1.91. The third-order valence-electron chi connectivity index (χ3n) is 4.81. The minimum Gasteiger partial charge on any atom is -0.508 e. The van der Waals surface area contributed by atoms with Gasteiger partial charge in [-0.2, -0.15) is 0 Å². The van der Waals surface area contributed by atoms with Crippen molar-refractivity contribution in [3.63, 3.8) is 0 Å². The molecule has 2 heterocycles. The Morgan fingerprint density at radius 3 is 2.32 bits per heavy atom. The molecule has 0 aliphatic carbocycles. The molecule has 0 saturated carbocycles. The van der Waals surface area contributed by atoms with Crippen LogP contribution < -0.4 is 0 Å². The third-order valence-corrected chi connectivity index (χ3v) is 6.51. The van der Waals surface area contributed by atoms with E-state index < -0.39 is 21.9 Å². The maximum Gasteiger partial charge on any atom is 0.254 e. The predicted octanol–water partition coefficient (Wildman–Crippen LogP) is 0.498. The summed E-state index contributed by atoms with van der Waals surface area (Å²) in [5, 5.41) is 9.59. The van der Waals surface area contributed by atoms with Crippen LogP contribution in [0.25, 0.3) is 0 Å². The molecule has 2 fully saturated rings. The van der Waals surface area contributed by atoms with Crippen LogP contribution in [0.1, 0.15) is 24.2 Å². The summed E-state index contributed by atoms with van der Waals surface area (Å²) in [7, 11) is -3.31. The normalized spacial score (nSPS) is 25.1. The molecule has 136 valence electrons. The maximum absolute atomic E-state index is 12.8. The van der Waals surface area contributed by atoms with Crippen molar-refractivity contribution in [3.05, 3.63) is 29.8 Å². The van der Waals surface area contributed by atoms with Crippen molar-refractivity contribution in [2.24, 2.45) is 5.92 Å². The molecular weight excluding hydrogens is 344 g/mol. The van der Waals surface area contributed by atoms with Gasteiger partial charge in [0.05, 0.1) is 23.6 Å². The van der Waals surface area contributed by atoms with Gasteiger partial charge < -0.3 is 14.9 Å². The van der Waals surface area contributed by atoms with Gasteiger partial charge in [0.1, 0.15) is 5.75 Å². The molecule has 2 amide bonds. The Hall–Kier alpha value is -2.09. The standard InChI is InChI=1S/C17H22N2O5S/c1-11(2)16(21)18-6-7-19(15-10-25(23,24)9-14(15)18)17(22)12-4-3-5-13(20)8-12/h3-5,8,11,14-15,20H,6-7,9-10H2,1-2H3. The first-order chi connectivity index (χ1) is 11.7. The number of fused-ring (bicyclic) bond motifs is 1. The zero-order valence-electron chi connectivity index (χ0n) is 14.3. The summed E-state index contributed by atoms with van der Waals surface area (Å²) in [6.07, 6.45) is 0. The second-order valence-corrected chi connectivity index (χ2v) is 9.10. The van der Waals surface area contributed by atoms with E-state index in [1.165, 1.54) is 17.0 Å². The molecule has 1 N–H and O–H groups in total. The number of benzene rings is 1. The first-order valence-corrected chi connectivity index (χ1v) is 10.1. The fourth-order valence-electron chi connectivity index (χ4n) is 3.62. The van der Waals surface area contributed by atoms with Crippen LogP contribution >= 0.6 is 0 Å². The van der Waals surface area contributed by atoms with Crippen LogP contribution in [0.5, 0.6) is 5.75 Å². The van der Waals surface area contributed by atoms with Crippen molar-refractivity contribution in [3.8, 4) is 5.75 Å². The number of phenols is 1. The van der Waals surface area contributed by atoms with Gasteiger partial charge in [-0.05, 0) is 18.2 Å². The Labute approximate surface area is 147 Å². The fraction of sp³-hybridized carbons (Fsp3) is 0.529. The molecule has 3 rings (SSSR count). The zero-order valence-corrected chi connectivity index (χ0v) is 15.1. The number of sulfone groups is 1. The third kappa shape index (κ3) is 3.35. The maximum atomic E-state index is 12.8. The van der Waals surface area contributed by atoms with Crippen molar-refractivity contribution >= 4 is 21.7 Å². The molecule has 0 spiro atoms. The van der Waals surface area contributed by atoms with E-state index in [9.17, 15) is 23.1 Å². The largest absolute Gasteiger partial charge is 0.508 e. The number of amides is 2. The molecule has 8 heteroatoms. The number of rotatable bonds is 2. The molecule has 1 aromatic carbocycles. The lowest BCUT2D eigenvalue weighted by molar-refractivity contribution is -0.139. The number of aromatic hydroxyl groups is 1. The van der Waals surface area contributed by atoms with Crippen LogP contribution in [0.3, 0.4) is 0 Å².